The van der Waals surface area contributed by atoms with Gasteiger partial charge in [0.15, 0.2) is 0 Å². The van der Waals surface area contributed by atoms with Crippen molar-refractivity contribution < 1.29 is 14.4 Å². The third kappa shape index (κ3) is 3.65. The molecule has 6 nitrogen and oxygen atoms in total. The van der Waals surface area contributed by atoms with Crippen molar-refractivity contribution in [2.75, 3.05) is 19.6 Å². The van der Waals surface area contributed by atoms with Crippen molar-refractivity contribution in [1.29, 1.82) is 0 Å². The van der Waals surface area contributed by atoms with Gasteiger partial charge in [0.1, 0.15) is 0 Å². The summed E-state index contributed by atoms with van der Waals surface area (Å²) in [5, 5.41) is 5.97. The molecule has 3 rings (SSSR count). The van der Waals surface area contributed by atoms with Crippen LogP contribution in [-0.2, 0) is 6.54 Å². The number of amides is 3. The molecule has 0 bridgehead atoms. The van der Waals surface area contributed by atoms with E-state index in [9.17, 15) is 14.4 Å². The quantitative estimate of drug-likeness (QED) is 0.589. The van der Waals surface area contributed by atoms with Crippen molar-refractivity contribution >= 4 is 17.7 Å². The van der Waals surface area contributed by atoms with E-state index in [4.69, 9.17) is 0 Å². The monoisotopic (exact) mass is 351 g/mol. The number of fused-ring (bicyclic) bond motifs is 1. The van der Waals surface area contributed by atoms with Gasteiger partial charge in [0.25, 0.3) is 17.7 Å². The van der Waals surface area contributed by atoms with Gasteiger partial charge in [-0.3, -0.25) is 19.3 Å². The van der Waals surface area contributed by atoms with Crippen molar-refractivity contribution in [3.05, 3.63) is 70.8 Å². The summed E-state index contributed by atoms with van der Waals surface area (Å²) < 4.78 is 0. The van der Waals surface area contributed by atoms with Gasteiger partial charge in [0.2, 0.25) is 0 Å². The highest BCUT2D eigenvalue weighted by Gasteiger charge is 2.34. The van der Waals surface area contributed by atoms with Crippen LogP contribution in [0, 0.1) is 0 Å². The third-order valence-corrected chi connectivity index (χ3v) is 4.25. The summed E-state index contributed by atoms with van der Waals surface area (Å²) in [7, 11) is 0. The molecule has 3 amide bonds. The van der Waals surface area contributed by atoms with Gasteiger partial charge in [0, 0.05) is 18.7 Å². The highest BCUT2D eigenvalue weighted by Crippen LogP contribution is 2.24. The zero-order valence-corrected chi connectivity index (χ0v) is 14.6. The van der Waals surface area contributed by atoms with Crippen LogP contribution >= 0.6 is 0 Å². The fourth-order valence-corrected chi connectivity index (χ4v) is 2.92. The Morgan fingerprint density at radius 1 is 0.962 bits per heavy atom. The molecule has 26 heavy (non-hydrogen) atoms. The lowest BCUT2D eigenvalue weighted by Crippen LogP contribution is -2.32. The molecular weight excluding hydrogens is 330 g/mol. The summed E-state index contributed by atoms with van der Waals surface area (Å²) in [5.74, 6) is -0.774. The molecule has 2 N–H and O–H groups in total. The Morgan fingerprint density at radius 2 is 1.65 bits per heavy atom. The van der Waals surface area contributed by atoms with Gasteiger partial charge in [-0.1, -0.05) is 31.2 Å². The van der Waals surface area contributed by atoms with Crippen LogP contribution in [0.5, 0.6) is 0 Å². The highest BCUT2D eigenvalue weighted by molar-refractivity contribution is 6.21. The second-order valence-electron chi connectivity index (χ2n) is 6.05. The average molecular weight is 351 g/mol. The van der Waals surface area contributed by atoms with E-state index in [1.807, 2.05) is 6.92 Å². The minimum atomic E-state index is -0.300. The maximum atomic E-state index is 12.5. The Hall–Kier alpha value is -2.99. The zero-order valence-electron chi connectivity index (χ0n) is 14.6. The Bertz CT molecular complexity index is 813. The number of nitrogens with one attached hydrogen (secondary N) is 2. The molecule has 0 fully saturated rings. The lowest BCUT2D eigenvalue weighted by molar-refractivity contribution is 0.0642. The zero-order chi connectivity index (χ0) is 18.5. The van der Waals surface area contributed by atoms with Crippen LogP contribution in [0.1, 0.15) is 43.6 Å². The topological polar surface area (TPSA) is 78.5 Å². The number of carbonyl (C=O) groups excluding carboxylic acids is 3. The van der Waals surface area contributed by atoms with Gasteiger partial charge < -0.3 is 10.6 Å². The van der Waals surface area contributed by atoms with E-state index in [1.165, 1.54) is 4.90 Å². The Morgan fingerprint density at radius 3 is 2.31 bits per heavy atom. The first kappa shape index (κ1) is 17.8. The van der Waals surface area contributed by atoms with Crippen LogP contribution < -0.4 is 10.6 Å². The van der Waals surface area contributed by atoms with Crippen molar-refractivity contribution in [2.24, 2.45) is 0 Å². The predicted molar refractivity (Wildman–Crippen MR) is 98.0 cm³/mol. The number of likely N-dealkylation sites (N-methyl/N-ethyl adjacent to an activating group) is 1. The molecule has 134 valence electrons. The lowest BCUT2D eigenvalue weighted by Gasteiger charge is -2.14. The number of hydrogen-bond acceptors (Lipinski definition) is 4. The number of carbonyl (C=O) groups is 3. The van der Waals surface area contributed by atoms with Gasteiger partial charge in [-0.2, -0.15) is 0 Å². The summed E-state index contributed by atoms with van der Waals surface area (Å²) >= 11 is 0. The van der Waals surface area contributed by atoms with E-state index in [1.54, 1.807) is 48.5 Å². The molecule has 6 heteroatoms. The highest BCUT2D eigenvalue weighted by atomic mass is 16.2. The lowest BCUT2D eigenvalue weighted by atomic mass is 10.1. The summed E-state index contributed by atoms with van der Waals surface area (Å²) in [6.45, 7) is 4.24. The van der Waals surface area contributed by atoms with Gasteiger partial charge in [-0.15, -0.1) is 0 Å². The van der Waals surface area contributed by atoms with Gasteiger partial charge >= 0.3 is 0 Å². The van der Waals surface area contributed by atoms with Crippen molar-refractivity contribution in [2.45, 2.75) is 13.5 Å². The van der Waals surface area contributed by atoms with Crippen LogP contribution in [0.25, 0.3) is 0 Å². The Kier molecular flexibility index (Phi) is 5.43. The number of nitrogens with zero attached hydrogens (tertiary/aromatic N) is 1. The Labute approximate surface area is 152 Å². The fraction of sp³-hybridized carbons (Fsp3) is 0.250. The molecule has 0 radical (unpaired) electrons. The fourth-order valence-electron chi connectivity index (χ4n) is 2.92. The first-order chi connectivity index (χ1) is 12.6. The molecule has 0 saturated heterocycles. The van der Waals surface area contributed by atoms with E-state index in [2.05, 4.69) is 10.6 Å². The molecule has 1 aliphatic heterocycles. The molecule has 0 saturated carbocycles. The van der Waals surface area contributed by atoms with Crippen LogP contribution in [0.15, 0.2) is 48.5 Å². The molecule has 0 atom stereocenters. The SMILES string of the molecule is CCNCCNC(=O)c1cccc(CN2C(=O)c3ccccc3C2=O)c1. The number of benzene rings is 2. The van der Waals surface area contributed by atoms with E-state index >= 15 is 0 Å². The second kappa shape index (κ2) is 7.93. The van der Waals surface area contributed by atoms with E-state index in [0.717, 1.165) is 12.1 Å². The average Bonchev–Trinajstić information content (AvgIpc) is 2.91. The van der Waals surface area contributed by atoms with Crippen molar-refractivity contribution in [3.63, 3.8) is 0 Å². The van der Waals surface area contributed by atoms with E-state index < -0.39 is 0 Å². The van der Waals surface area contributed by atoms with Gasteiger partial charge in [0.05, 0.1) is 17.7 Å². The molecule has 1 heterocycles. The summed E-state index contributed by atoms with van der Waals surface area (Å²) in [6.07, 6.45) is 0. The van der Waals surface area contributed by atoms with Crippen LogP contribution in [-0.4, -0.2) is 42.3 Å². The molecule has 0 spiro atoms. The molecule has 0 aliphatic carbocycles. The van der Waals surface area contributed by atoms with E-state index in [0.29, 0.717) is 29.8 Å². The van der Waals surface area contributed by atoms with Gasteiger partial charge in [-0.05, 0) is 36.4 Å². The molecule has 2 aromatic rings. The summed E-state index contributed by atoms with van der Waals surface area (Å²) in [4.78, 5) is 38.3. The number of rotatable bonds is 7. The molecule has 0 aromatic heterocycles. The first-order valence-electron chi connectivity index (χ1n) is 8.65. The van der Waals surface area contributed by atoms with Crippen molar-refractivity contribution in [1.82, 2.24) is 15.5 Å². The predicted octanol–water partition coefficient (Wildman–Crippen LogP) is 1.82. The number of hydrogen-bond donors (Lipinski definition) is 2. The van der Waals surface area contributed by atoms with E-state index in [-0.39, 0.29) is 24.3 Å². The minimum Gasteiger partial charge on any atom is -0.351 e. The maximum Gasteiger partial charge on any atom is 0.261 e. The molecule has 2 aromatic carbocycles. The van der Waals surface area contributed by atoms with Crippen molar-refractivity contribution in [3.8, 4) is 0 Å². The standard InChI is InChI=1S/C20H21N3O3/c1-2-21-10-11-22-18(24)15-7-5-6-14(12-15)13-23-19(25)16-8-3-4-9-17(16)20(23)26/h3-9,12,21H,2,10-11,13H2,1H3,(H,22,24). The van der Waals surface area contributed by atoms with Gasteiger partial charge in [-0.25, -0.2) is 0 Å². The molecule has 1 aliphatic rings. The normalized spacial score (nSPS) is 13.0. The molecular formula is C20H21N3O3. The summed E-state index contributed by atoms with van der Waals surface area (Å²) in [5.41, 5.74) is 2.10. The largest absolute Gasteiger partial charge is 0.351 e. The number of imide groups is 1. The van der Waals surface area contributed by atoms with Crippen LogP contribution in [0.4, 0.5) is 0 Å². The first-order valence-corrected chi connectivity index (χ1v) is 8.65. The minimum absolute atomic E-state index is 0.144. The van der Waals surface area contributed by atoms with Crippen LogP contribution in [0.3, 0.4) is 0 Å². The molecule has 0 unspecified atom stereocenters. The smallest absolute Gasteiger partial charge is 0.261 e. The second-order valence-corrected chi connectivity index (χ2v) is 6.05. The summed E-state index contributed by atoms with van der Waals surface area (Å²) in [6, 6.07) is 13.8. The third-order valence-electron chi connectivity index (χ3n) is 4.25. The van der Waals surface area contributed by atoms with Crippen LogP contribution in [0.2, 0.25) is 0 Å². The maximum absolute atomic E-state index is 12.5. The Balaban J connectivity index is 1.69.